The minimum absolute atomic E-state index is 0.432. The zero-order valence-corrected chi connectivity index (χ0v) is 14.1. The van der Waals surface area contributed by atoms with E-state index in [1.807, 2.05) is 26.0 Å². The third-order valence-corrected chi connectivity index (χ3v) is 3.35. The molecule has 21 heavy (non-hydrogen) atoms. The van der Waals surface area contributed by atoms with Crippen LogP contribution in [0.2, 0.25) is 0 Å². The third kappa shape index (κ3) is 3.92. The van der Waals surface area contributed by atoms with E-state index in [0.29, 0.717) is 29.5 Å². The van der Waals surface area contributed by atoms with Crippen LogP contribution in [0.15, 0.2) is 28.0 Å². The van der Waals surface area contributed by atoms with Gasteiger partial charge in [0.2, 0.25) is 4.77 Å². The Morgan fingerprint density at radius 1 is 1.38 bits per heavy atom. The first-order valence-corrected chi connectivity index (χ1v) is 7.61. The van der Waals surface area contributed by atoms with Gasteiger partial charge in [0.25, 0.3) is 0 Å². The fourth-order valence-electron chi connectivity index (χ4n) is 1.66. The number of aromatic nitrogens is 3. The fraction of sp³-hybridized carbons (Fsp3) is 0.308. The molecule has 0 atom stereocenters. The van der Waals surface area contributed by atoms with E-state index in [0.717, 1.165) is 10.0 Å². The Kier molecular flexibility index (Phi) is 5.51. The van der Waals surface area contributed by atoms with E-state index in [1.165, 1.54) is 11.0 Å². The highest BCUT2D eigenvalue weighted by molar-refractivity contribution is 9.10. The Balaban J connectivity index is 2.34. The maximum absolute atomic E-state index is 5.61. The monoisotopic (exact) mass is 370 g/mol. The molecule has 0 radical (unpaired) electrons. The molecule has 0 unspecified atom stereocenters. The summed E-state index contributed by atoms with van der Waals surface area (Å²) in [5.41, 5.74) is 0.858. The van der Waals surface area contributed by atoms with Crippen molar-refractivity contribution in [2.45, 2.75) is 13.8 Å². The predicted molar refractivity (Wildman–Crippen MR) is 86.9 cm³/mol. The van der Waals surface area contributed by atoms with Crippen molar-refractivity contribution in [1.82, 2.24) is 14.9 Å². The van der Waals surface area contributed by atoms with Gasteiger partial charge in [-0.25, -0.2) is 0 Å². The Hall–Kier alpha value is -1.67. The summed E-state index contributed by atoms with van der Waals surface area (Å²) in [5, 5.41) is 10.7. The minimum Gasteiger partial charge on any atom is -0.490 e. The average Bonchev–Trinajstić information content (AvgIpc) is 2.86. The van der Waals surface area contributed by atoms with Crippen LogP contribution in [0.3, 0.4) is 0 Å². The number of rotatable bonds is 6. The molecular weight excluding hydrogens is 356 g/mol. The van der Waals surface area contributed by atoms with E-state index in [9.17, 15) is 0 Å². The number of nitrogens with zero attached hydrogens (tertiary/aromatic N) is 3. The minimum atomic E-state index is 0.432. The molecular formula is C13H15BrN4O2S. The van der Waals surface area contributed by atoms with Crippen molar-refractivity contribution < 1.29 is 9.47 Å². The summed E-state index contributed by atoms with van der Waals surface area (Å²) < 4.78 is 13.9. The lowest BCUT2D eigenvalue weighted by Crippen LogP contribution is -2.00. The Morgan fingerprint density at radius 2 is 2.14 bits per heavy atom. The van der Waals surface area contributed by atoms with Gasteiger partial charge in [0.05, 0.1) is 23.9 Å². The van der Waals surface area contributed by atoms with Gasteiger partial charge < -0.3 is 9.47 Å². The molecule has 0 aliphatic rings. The van der Waals surface area contributed by atoms with Crippen molar-refractivity contribution in [1.29, 1.82) is 0 Å². The molecule has 0 saturated heterocycles. The van der Waals surface area contributed by atoms with Crippen LogP contribution in [0.1, 0.15) is 19.4 Å². The maximum Gasteiger partial charge on any atom is 0.216 e. The summed E-state index contributed by atoms with van der Waals surface area (Å²) in [7, 11) is 0. The van der Waals surface area contributed by atoms with Gasteiger partial charge in [-0.3, -0.25) is 5.10 Å². The SMILES string of the molecule is CCOc1cc(/C=N\n2cn[nH]c2=S)cc(Br)c1OCC. The highest BCUT2D eigenvalue weighted by Crippen LogP contribution is 2.36. The number of nitrogens with one attached hydrogen (secondary N) is 1. The maximum atomic E-state index is 5.61. The second kappa shape index (κ2) is 7.37. The lowest BCUT2D eigenvalue weighted by Gasteiger charge is -2.13. The summed E-state index contributed by atoms with van der Waals surface area (Å²) in [6.45, 7) is 4.98. The summed E-state index contributed by atoms with van der Waals surface area (Å²) in [6, 6.07) is 3.77. The van der Waals surface area contributed by atoms with E-state index < -0.39 is 0 Å². The third-order valence-electron chi connectivity index (χ3n) is 2.49. The molecule has 0 saturated carbocycles. The lowest BCUT2D eigenvalue weighted by atomic mass is 10.2. The number of hydrogen-bond donors (Lipinski definition) is 1. The number of H-pyrrole nitrogens is 1. The molecule has 0 bridgehead atoms. The molecule has 2 aromatic rings. The topological polar surface area (TPSA) is 64.4 Å². The molecule has 1 aromatic heterocycles. The first-order valence-electron chi connectivity index (χ1n) is 6.41. The highest BCUT2D eigenvalue weighted by atomic mass is 79.9. The standard InChI is InChI=1S/C13H15BrN4O2S/c1-3-19-11-6-9(5-10(14)12(11)20-4-2)7-16-18-8-15-17-13(18)21/h5-8H,3-4H2,1-2H3,(H,17,21)/b16-7-. The van der Waals surface area contributed by atoms with Crippen LogP contribution in [0.5, 0.6) is 11.5 Å². The van der Waals surface area contributed by atoms with Crippen molar-refractivity contribution in [3.8, 4) is 11.5 Å². The van der Waals surface area contributed by atoms with Crippen LogP contribution >= 0.6 is 28.1 Å². The van der Waals surface area contributed by atoms with Crippen molar-refractivity contribution >= 4 is 34.4 Å². The average molecular weight is 371 g/mol. The zero-order chi connectivity index (χ0) is 15.2. The molecule has 6 nitrogen and oxygen atoms in total. The first kappa shape index (κ1) is 15.7. The van der Waals surface area contributed by atoms with E-state index >= 15 is 0 Å². The first-order chi connectivity index (χ1) is 10.2. The summed E-state index contributed by atoms with van der Waals surface area (Å²) in [5.74, 6) is 1.36. The number of ether oxygens (including phenoxy) is 2. The molecule has 0 aliphatic carbocycles. The molecule has 8 heteroatoms. The van der Waals surface area contributed by atoms with Crippen molar-refractivity contribution in [3.05, 3.63) is 33.3 Å². The summed E-state index contributed by atoms with van der Waals surface area (Å²) >= 11 is 8.52. The smallest absolute Gasteiger partial charge is 0.216 e. The Morgan fingerprint density at radius 3 is 2.76 bits per heavy atom. The van der Waals surface area contributed by atoms with E-state index in [-0.39, 0.29) is 0 Å². The van der Waals surface area contributed by atoms with E-state index in [4.69, 9.17) is 21.7 Å². The predicted octanol–water partition coefficient (Wildman–Crippen LogP) is 3.38. The molecule has 0 aliphatic heterocycles. The normalized spacial score (nSPS) is 11.0. The number of benzene rings is 1. The second-order valence-electron chi connectivity index (χ2n) is 3.95. The van der Waals surface area contributed by atoms with Gasteiger partial charge in [-0.15, -0.1) is 0 Å². The molecule has 1 aromatic carbocycles. The van der Waals surface area contributed by atoms with Gasteiger partial charge >= 0.3 is 0 Å². The molecule has 2 rings (SSSR count). The van der Waals surface area contributed by atoms with E-state index in [1.54, 1.807) is 6.21 Å². The van der Waals surface area contributed by atoms with E-state index in [2.05, 4.69) is 31.2 Å². The van der Waals surface area contributed by atoms with Crippen LogP contribution in [-0.4, -0.2) is 34.3 Å². The number of halogens is 1. The van der Waals surface area contributed by atoms with Gasteiger partial charge in [-0.2, -0.15) is 14.9 Å². The quantitative estimate of drug-likeness (QED) is 0.625. The summed E-state index contributed by atoms with van der Waals surface area (Å²) in [4.78, 5) is 0. The van der Waals surface area contributed by atoms with Gasteiger partial charge in [0, 0.05) is 0 Å². The van der Waals surface area contributed by atoms with Gasteiger partial charge in [-0.05, 0) is 59.7 Å². The largest absolute Gasteiger partial charge is 0.490 e. The van der Waals surface area contributed by atoms with Crippen molar-refractivity contribution in [3.63, 3.8) is 0 Å². The summed E-state index contributed by atoms with van der Waals surface area (Å²) in [6.07, 6.45) is 3.18. The fourth-order valence-corrected chi connectivity index (χ4v) is 2.38. The van der Waals surface area contributed by atoms with Crippen molar-refractivity contribution in [2.75, 3.05) is 13.2 Å². The van der Waals surface area contributed by atoms with Crippen LogP contribution in [0, 0.1) is 4.77 Å². The second-order valence-corrected chi connectivity index (χ2v) is 5.19. The molecule has 112 valence electrons. The van der Waals surface area contributed by atoms with Crippen LogP contribution in [-0.2, 0) is 0 Å². The van der Waals surface area contributed by atoms with Crippen LogP contribution < -0.4 is 9.47 Å². The number of hydrogen-bond acceptors (Lipinski definition) is 5. The van der Waals surface area contributed by atoms with Gasteiger partial charge in [-0.1, -0.05) is 0 Å². The van der Waals surface area contributed by atoms with Gasteiger partial charge in [0.15, 0.2) is 11.5 Å². The Labute approximate surface area is 135 Å². The van der Waals surface area contributed by atoms with Crippen LogP contribution in [0.4, 0.5) is 0 Å². The zero-order valence-electron chi connectivity index (χ0n) is 11.7. The number of aromatic amines is 1. The molecule has 0 amide bonds. The highest BCUT2D eigenvalue weighted by Gasteiger charge is 2.11. The molecule has 0 fully saturated rings. The molecule has 0 spiro atoms. The lowest BCUT2D eigenvalue weighted by molar-refractivity contribution is 0.286. The van der Waals surface area contributed by atoms with Gasteiger partial charge in [0.1, 0.15) is 6.33 Å². The van der Waals surface area contributed by atoms with Crippen molar-refractivity contribution in [2.24, 2.45) is 5.10 Å². The molecule has 1 heterocycles. The Bertz CT molecular complexity index is 696. The molecule has 1 N–H and O–H groups in total. The van der Waals surface area contributed by atoms with Crippen LogP contribution in [0.25, 0.3) is 0 Å².